The molecule has 4 heteroatoms. The number of carbonyl (C=O) groups is 2. The highest BCUT2D eigenvalue weighted by Gasteiger charge is 2.32. The Balaban J connectivity index is 1.92. The van der Waals surface area contributed by atoms with Gasteiger partial charge in [0.25, 0.3) is 0 Å². The Bertz CT molecular complexity index is 470. The van der Waals surface area contributed by atoms with Gasteiger partial charge in [-0.05, 0) is 29.9 Å². The molecule has 0 heterocycles. The van der Waals surface area contributed by atoms with Gasteiger partial charge >= 0.3 is 5.97 Å². The summed E-state index contributed by atoms with van der Waals surface area (Å²) in [6.45, 7) is 2.87. The first kappa shape index (κ1) is 12.6. The summed E-state index contributed by atoms with van der Waals surface area (Å²) in [7, 11) is 0. The molecule has 2 unspecified atom stereocenters. The molecule has 0 bridgehead atoms. The van der Waals surface area contributed by atoms with Gasteiger partial charge in [-0.1, -0.05) is 25.1 Å². The largest absolute Gasteiger partial charge is 0.478 e. The molecule has 0 spiro atoms. The van der Waals surface area contributed by atoms with E-state index < -0.39 is 5.97 Å². The van der Waals surface area contributed by atoms with Crippen LogP contribution in [-0.4, -0.2) is 23.5 Å². The minimum absolute atomic E-state index is 0.109. The van der Waals surface area contributed by atoms with Crippen molar-refractivity contribution < 1.29 is 14.7 Å². The van der Waals surface area contributed by atoms with Gasteiger partial charge in [0, 0.05) is 6.54 Å². The van der Waals surface area contributed by atoms with E-state index in [0.29, 0.717) is 23.9 Å². The lowest BCUT2D eigenvalue weighted by atomic mass is 10.0. The van der Waals surface area contributed by atoms with Gasteiger partial charge in [0.05, 0.1) is 12.0 Å². The normalized spacial score (nSPS) is 21.4. The second-order valence-electron chi connectivity index (χ2n) is 4.92. The van der Waals surface area contributed by atoms with Crippen LogP contribution in [0.4, 0.5) is 0 Å². The maximum absolute atomic E-state index is 11.7. The van der Waals surface area contributed by atoms with Crippen LogP contribution in [0.1, 0.15) is 29.3 Å². The summed E-state index contributed by atoms with van der Waals surface area (Å²) in [4.78, 5) is 22.7. The number of carboxylic acid groups (broad SMARTS) is 1. The van der Waals surface area contributed by atoms with Crippen molar-refractivity contribution in [1.82, 2.24) is 5.32 Å². The molecule has 1 saturated carbocycles. The number of nitrogens with one attached hydrogen (secondary N) is 1. The van der Waals surface area contributed by atoms with E-state index in [2.05, 4.69) is 12.2 Å². The van der Waals surface area contributed by atoms with E-state index in [4.69, 9.17) is 5.11 Å². The third-order valence-corrected chi connectivity index (χ3v) is 3.44. The first-order valence-electron chi connectivity index (χ1n) is 6.16. The molecular formula is C14H17NO3. The van der Waals surface area contributed by atoms with E-state index in [-0.39, 0.29) is 17.9 Å². The van der Waals surface area contributed by atoms with Crippen LogP contribution in [0, 0.1) is 11.8 Å². The number of amides is 1. The molecule has 1 aromatic rings. The lowest BCUT2D eigenvalue weighted by Crippen LogP contribution is -2.28. The SMILES string of the molecule is CC1CC1CNC(=O)Cc1ccccc1C(=O)O. The summed E-state index contributed by atoms with van der Waals surface area (Å²) in [5.74, 6) is 0.206. The highest BCUT2D eigenvalue weighted by Crippen LogP contribution is 2.36. The minimum atomic E-state index is -0.991. The molecule has 1 aromatic carbocycles. The molecule has 2 atom stereocenters. The van der Waals surface area contributed by atoms with E-state index in [1.54, 1.807) is 18.2 Å². The predicted octanol–water partition coefficient (Wildman–Crippen LogP) is 1.70. The van der Waals surface area contributed by atoms with Crippen molar-refractivity contribution in [3.8, 4) is 0 Å². The van der Waals surface area contributed by atoms with Crippen LogP contribution in [-0.2, 0) is 11.2 Å². The van der Waals surface area contributed by atoms with Crippen LogP contribution in [0.2, 0.25) is 0 Å². The number of rotatable bonds is 5. The smallest absolute Gasteiger partial charge is 0.335 e. The molecule has 1 aliphatic carbocycles. The Labute approximate surface area is 106 Å². The topological polar surface area (TPSA) is 66.4 Å². The summed E-state index contributed by atoms with van der Waals surface area (Å²) in [6, 6.07) is 6.62. The van der Waals surface area contributed by atoms with Gasteiger partial charge in [-0.3, -0.25) is 4.79 Å². The van der Waals surface area contributed by atoms with Crippen LogP contribution in [0.5, 0.6) is 0 Å². The second-order valence-corrected chi connectivity index (χ2v) is 4.92. The van der Waals surface area contributed by atoms with Crippen molar-refractivity contribution >= 4 is 11.9 Å². The van der Waals surface area contributed by atoms with Crippen molar-refractivity contribution in [2.24, 2.45) is 11.8 Å². The predicted molar refractivity (Wildman–Crippen MR) is 67.4 cm³/mol. The highest BCUT2D eigenvalue weighted by atomic mass is 16.4. The Hall–Kier alpha value is -1.84. The van der Waals surface area contributed by atoms with Crippen molar-refractivity contribution in [1.29, 1.82) is 0 Å². The molecule has 2 rings (SSSR count). The number of carboxylic acids is 1. The van der Waals surface area contributed by atoms with Crippen LogP contribution in [0.3, 0.4) is 0 Å². The van der Waals surface area contributed by atoms with Crippen molar-refractivity contribution in [3.05, 3.63) is 35.4 Å². The number of benzene rings is 1. The molecule has 0 aliphatic heterocycles. The van der Waals surface area contributed by atoms with Crippen molar-refractivity contribution in [3.63, 3.8) is 0 Å². The second kappa shape index (κ2) is 5.21. The summed E-state index contributed by atoms with van der Waals surface area (Å²) in [5.41, 5.74) is 0.763. The lowest BCUT2D eigenvalue weighted by Gasteiger charge is -2.07. The maximum atomic E-state index is 11.7. The molecule has 0 saturated heterocycles. The standard InChI is InChI=1S/C14H17NO3/c1-9-6-11(9)8-15-13(16)7-10-4-2-3-5-12(10)14(17)18/h2-5,9,11H,6-8H2,1H3,(H,15,16)(H,17,18). The fourth-order valence-corrected chi connectivity index (χ4v) is 2.05. The Morgan fingerprint density at radius 1 is 1.39 bits per heavy atom. The van der Waals surface area contributed by atoms with Gasteiger partial charge in [0.1, 0.15) is 0 Å². The van der Waals surface area contributed by atoms with Gasteiger partial charge in [0.15, 0.2) is 0 Å². The molecule has 4 nitrogen and oxygen atoms in total. The molecule has 0 radical (unpaired) electrons. The Morgan fingerprint density at radius 2 is 2.06 bits per heavy atom. The Morgan fingerprint density at radius 3 is 2.67 bits per heavy atom. The maximum Gasteiger partial charge on any atom is 0.335 e. The number of hydrogen-bond acceptors (Lipinski definition) is 2. The molecule has 1 amide bonds. The monoisotopic (exact) mass is 247 g/mol. The van der Waals surface area contributed by atoms with Crippen LogP contribution in [0.15, 0.2) is 24.3 Å². The van der Waals surface area contributed by atoms with E-state index in [0.717, 1.165) is 0 Å². The van der Waals surface area contributed by atoms with E-state index in [9.17, 15) is 9.59 Å². The number of aromatic carboxylic acids is 1. The molecule has 1 fully saturated rings. The summed E-state index contributed by atoms with van der Waals surface area (Å²) in [6.07, 6.45) is 1.30. The third kappa shape index (κ3) is 3.09. The fraction of sp³-hybridized carbons (Fsp3) is 0.429. The first-order valence-corrected chi connectivity index (χ1v) is 6.16. The number of carbonyl (C=O) groups excluding carboxylic acids is 1. The number of hydrogen-bond donors (Lipinski definition) is 2. The van der Waals surface area contributed by atoms with E-state index in [1.807, 2.05) is 0 Å². The quantitative estimate of drug-likeness (QED) is 0.832. The van der Waals surface area contributed by atoms with Gasteiger partial charge < -0.3 is 10.4 Å². The highest BCUT2D eigenvalue weighted by molar-refractivity contribution is 5.91. The zero-order valence-corrected chi connectivity index (χ0v) is 10.3. The van der Waals surface area contributed by atoms with Crippen LogP contribution in [0.25, 0.3) is 0 Å². The molecule has 96 valence electrons. The molecule has 0 aromatic heterocycles. The minimum Gasteiger partial charge on any atom is -0.478 e. The summed E-state index contributed by atoms with van der Waals surface area (Å²) >= 11 is 0. The van der Waals surface area contributed by atoms with Gasteiger partial charge in [-0.2, -0.15) is 0 Å². The summed E-state index contributed by atoms with van der Waals surface area (Å²) in [5, 5.41) is 11.9. The van der Waals surface area contributed by atoms with E-state index >= 15 is 0 Å². The zero-order valence-electron chi connectivity index (χ0n) is 10.3. The average molecular weight is 247 g/mol. The van der Waals surface area contributed by atoms with Crippen LogP contribution >= 0.6 is 0 Å². The van der Waals surface area contributed by atoms with Crippen molar-refractivity contribution in [2.75, 3.05) is 6.54 Å². The molecular weight excluding hydrogens is 230 g/mol. The average Bonchev–Trinajstić information content (AvgIpc) is 3.03. The van der Waals surface area contributed by atoms with Crippen LogP contribution < -0.4 is 5.32 Å². The van der Waals surface area contributed by atoms with Gasteiger partial charge in [-0.25, -0.2) is 4.79 Å². The molecule has 1 aliphatic rings. The third-order valence-electron chi connectivity index (χ3n) is 3.44. The van der Waals surface area contributed by atoms with Crippen molar-refractivity contribution in [2.45, 2.75) is 19.8 Å². The zero-order chi connectivity index (χ0) is 13.1. The fourth-order valence-electron chi connectivity index (χ4n) is 2.05. The van der Waals surface area contributed by atoms with Gasteiger partial charge in [-0.15, -0.1) is 0 Å². The molecule has 18 heavy (non-hydrogen) atoms. The summed E-state index contributed by atoms with van der Waals surface area (Å²) < 4.78 is 0. The van der Waals surface area contributed by atoms with Gasteiger partial charge in [0.2, 0.25) is 5.91 Å². The molecule has 2 N–H and O–H groups in total. The lowest BCUT2D eigenvalue weighted by molar-refractivity contribution is -0.120. The Kier molecular flexibility index (Phi) is 3.65. The first-order chi connectivity index (χ1) is 8.58. The van der Waals surface area contributed by atoms with E-state index in [1.165, 1.54) is 12.5 Å².